The molecule has 1 aliphatic heterocycles. The normalized spacial score (nSPS) is 20.4. The van der Waals surface area contributed by atoms with E-state index in [2.05, 4.69) is 9.97 Å². The van der Waals surface area contributed by atoms with Gasteiger partial charge in [0.25, 0.3) is 0 Å². The zero-order chi connectivity index (χ0) is 11.5. The minimum absolute atomic E-state index is 0.111. The summed E-state index contributed by atoms with van der Waals surface area (Å²) in [4.78, 5) is 31.0. The monoisotopic (exact) mass is 223 g/mol. The molecular weight excluding hydrogens is 214 g/mol. The van der Waals surface area contributed by atoms with Crippen molar-refractivity contribution in [2.75, 3.05) is 11.5 Å². The van der Waals surface area contributed by atoms with Gasteiger partial charge in [0, 0.05) is 6.42 Å². The number of aromatic nitrogens is 2. The highest BCUT2D eigenvalue weighted by molar-refractivity contribution is 5.95. The number of carboxylic acid groups (broad SMARTS) is 1. The Morgan fingerprint density at radius 2 is 2.19 bits per heavy atom. The summed E-state index contributed by atoms with van der Waals surface area (Å²) in [6.45, 7) is 0.111. The van der Waals surface area contributed by atoms with Gasteiger partial charge in [0.15, 0.2) is 0 Å². The third kappa shape index (κ3) is 1.79. The number of amides is 1. The van der Waals surface area contributed by atoms with E-state index < -0.39 is 18.1 Å². The molecule has 0 aliphatic carbocycles. The fraction of sp³-hybridized carbons (Fsp3) is 0.333. The van der Waals surface area contributed by atoms with Crippen LogP contribution in [-0.2, 0) is 9.53 Å². The van der Waals surface area contributed by atoms with Crippen molar-refractivity contribution in [3.63, 3.8) is 0 Å². The lowest BCUT2D eigenvalue weighted by molar-refractivity contribution is -0.139. The topological polar surface area (TPSA) is 92.6 Å². The second-order valence-corrected chi connectivity index (χ2v) is 3.22. The average molecular weight is 223 g/mol. The standard InChI is InChI=1S/C9H9N3O4/c13-8(14)7-1-2-16-9(15)12(7)6-3-10-5-11-4-6/h3-5,7H,1-2H2,(H,13,14). The summed E-state index contributed by atoms with van der Waals surface area (Å²) in [6.07, 6.45) is 3.60. The zero-order valence-corrected chi connectivity index (χ0v) is 8.24. The number of nitrogens with zero attached hydrogens (tertiary/aromatic N) is 3. The van der Waals surface area contributed by atoms with Crippen LogP contribution >= 0.6 is 0 Å². The van der Waals surface area contributed by atoms with Gasteiger partial charge in [0.2, 0.25) is 0 Å². The molecule has 0 bridgehead atoms. The smallest absolute Gasteiger partial charge is 0.415 e. The minimum atomic E-state index is -1.07. The molecule has 1 amide bonds. The maximum absolute atomic E-state index is 11.5. The largest absolute Gasteiger partial charge is 0.480 e. The molecule has 1 unspecified atom stereocenters. The van der Waals surface area contributed by atoms with E-state index in [1.165, 1.54) is 18.7 Å². The van der Waals surface area contributed by atoms with Gasteiger partial charge in [-0.15, -0.1) is 0 Å². The summed E-state index contributed by atoms with van der Waals surface area (Å²) in [5, 5.41) is 9.00. The molecule has 1 aliphatic rings. The highest BCUT2D eigenvalue weighted by Gasteiger charge is 2.36. The average Bonchev–Trinajstić information content (AvgIpc) is 2.29. The van der Waals surface area contributed by atoms with Crippen LogP contribution in [0.4, 0.5) is 10.5 Å². The molecule has 0 spiro atoms. The molecular formula is C9H9N3O4. The van der Waals surface area contributed by atoms with Crippen LogP contribution in [0.1, 0.15) is 6.42 Å². The van der Waals surface area contributed by atoms with Crippen molar-refractivity contribution in [2.24, 2.45) is 0 Å². The lowest BCUT2D eigenvalue weighted by Gasteiger charge is -2.31. The Morgan fingerprint density at radius 1 is 1.50 bits per heavy atom. The van der Waals surface area contributed by atoms with E-state index in [1.807, 2.05) is 0 Å². The van der Waals surface area contributed by atoms with Crippen LogP contribution in [0.3, 0.4) is 0 Å². The summed E-state index contributed by atoms with van der Waals surface area (Å²) < 4.78 is 4.79. The molecule has 7 nitrogen and oxygen atoms in total. The molecule has 1 aromatic heterocycles. The minimum Gasteiger partial charge on any atom is -0.480 e. The van der Waals surface area contributed by atoms with Crippen molar-refractivity contribution in [1.82, 2.24) is 9.97 Å². The van der Waals surface area contributed by atoms with E-state index in [-0.39, 0.29) is 13.0 Å². The van der Waals surface area contributed by atoms with E-state index in [4.69, 9.17) is 9.84 Å². The first kappa shape index (κ1) is 10.3. The number of carbonyl (C=O) groups is 2. The van der Waals surface area contributed by atoms with E-state index in [0.717, 1.165) is 4.90 Å². The van der Waals surface area contributed by atoms with Crippen LogP contribution in [0, 0.1) is 0 Å². The lowest BCUT2D eigenvalue weighted by Crippen LogP contribution is -2.50. The Morgan fingerprint density at radius 3 is 2.81 bits per heavy atom. The second-order valence-electron chi connectivity index (χ2n) is 3.22. The Kier molecular flexibility index (Phi) is 2.67. The summed E-state index contributed by atoms with van der Waals surface area (Å²) in [5.74, 6) is -1.07. The quantitative estimate of drug-likeness (QED) is 0.773. The van der Waals surface area contributed by atoms with Crippen molar-refractivity contribution in [1.29, 1.82) is 0 Å². The van der Waals surface area contributed by atoms with Crippen molar-refractivity contribution in [3.05, 3.63) is 18.7 Å². The number of rotatable bonds is 2. The number of cyclic esters (lactones) is 1. The Balaban J connectivity index is 2.34. The van der Waals surface area contributed by atoms with Crippen molar-refractivity contribution in [3.8, 4) is 0 Å². The molecule has 1 atom stereocenters. The lowest BCUT2D eigenvalue weighted by atomic mass is 10.1. The Hall–Kier alpha value is -2.18. The zero-order valence-electron chi connectivity index (χ0n) is 8.24. The van der Waals surface area contributed by atoms with Gasteiger partial charge in [-0.05, 0) is 0 Å². The fourth-order valence-corrected chi connectivity index (χ4v) is 1.52. The fourth-order valence-electron chi connectivity index (χ4n) is 1.52. The van der Waals surface area contributed by atoms with E-state index in [0.29, 0.717) is 5.69 Å². The number of carboxylic acids is 1. The first-order valence-corrected chi connectivity index (χ1v) is 4.64. The van der Waals surface area contributed by atoms with E-state index in [9.17, 15) is 9.59 Å². The van der Waals surface area contributed by atoms with Crippen LogP contribution in [0.2, 0.25) is 0 Å². The number of carbonyl (C=O) groups excluding carboxylic acids is 1. The molecule has 1 saturated heterocycles. The molecule has 0 aromatic carbocycles. The van der Waals surface area contributed by atoms with Gasteiger partial charge in [-0.3, -0.25) is 4.90 Å². The molecule has 1 aromatic rings. The van der Waals surface area contributed by atoms with Crippen LogP contribution in [0.5, 0.6) is 0 Å². The van der Waals surface area contributed by atoms with Crippen molar-refractivity contribution < 1.29 is 19.4 Å². The van der Waals surface area contributed by atoms with Crippen LogP contribution in [-0.4, -0.2) is 39.8 Å². The Labute approximate surface area is 90.7 Å². The molecule has 2 rings (SSSR count). The maximum Gasteiger partial charge on any atom is 0.415 e. The molecule has 0 radical (unpaired) electrons. The third-order valence-corrected chi connectivity index (χ3v) is 2.24. The molecule has 2 heterocycles. The number of anilines is 1. The number of aliphatic carboxylic acids is 1. The molecule has 84 valence electrons. The van der Waals surface area contributed by atoms with Gasteiger partial charge in [0.05, 0.1) is 24.7 Å². The molecule has 16 heavy (non-hydrogen) atoms. The second kappa shape index (κ2) is 4.13. The van der Waals surface area contributed by atoms with Gasteiger partial charge >= 0.3 is 12.1 Å². The van der Waals surface area contributed by atoms with Crippen LogP contribution in [0.25, 0.3) is 0 Å². The highest BCUT2D eigenvalue weighted by Crippen LogP contribution is 2.21. The van der Waals surface area contributed by atoms with Crippen molar-refractivity contribution >= 4 is 17.7 Å². The van der Waals surface area contributed by atoms with Gasteiger partial charge < -0.3 is 9.84 Å². The molecule has 0 saturated carbocycles. The molecule has 1 fully saturated rings. The Bertz CT molecular complexity index is 408. The summed E-state index contributed by atoms with van der Waals surface area (Å²) in [5.41, 5.74) is 0.319. The summed E-state index contributed by atoms with van der Waals surface area (Å²) >= 11 is 0. The van der Waals surface area contributed by atoms with Crippen LogP contribution < -0.4 is 4.90 Å². The number of hydrogen-bond donors (Lipinski definition) is 1. The van der Waals surface area contributed by atoms with Crippen LogP contribution in [0.15, 0.2) is 18.7 Å². The predicted octanol–water partition coefficient (Wildman–Crippen LogP) is 0.277. The summed E-state index contributed by atoms with van der Waals surface area (Å²) in [6, 6.07) is -0.924. The van der Waals surface area contributed by atoms with E-state index >= 15 is 0 Å². The highest BCUT2D eigenvalue weighted by atomic mass is 16.6. The SMILES string of the molecule is O=C(O)C1CCOC(=O)N1c1cncnc1. The molecule has 1 N–H and O–H groups in total. The van der Waals surface area contributed by atoms with Crippen molar-refractivity contribution in [2.45, 2.75) is 12.5 Å². The summed E-state index contributed by atoms with van der Waals surface area (Å²) in [7, 11) is 0. The predicted molar refractivity (Wildman–Crippen MR) is 51.9 cm³/mol. The number of ether oxygens (including phenoxy) is 1. The molecule has 7 heteroatoms. The third-order valence-electron chi connectivity index (χ3n) is 2.24. The van der Waals surface area contributed by atoms with E-state index in [1.54, 1.807) is 0 Å². The first-order valence-electron chi connectivity index (χ1n) is 4.64. The van der Waals surface area contributed by atoms with Gasteiger partial charge in [-0.1, -0.05) is 0 Å². The first-order chi connectivity index (χ1) is 7.70. The van der Waals surface area contributed by atoms with Gasteiger partial charge in [-0.25, -0.2) is 19.6 Å². The maximum atomic E-state index is 11.5. The van der Waals surface area contributed by atoms with Gasteiger partial charge in [-0.2, -0.15) is 0 Å². The number of hydrogen-bond acceptors (Lipinski definition) is 5. The van der Waals surface area contributed by atoms with Gasteiger partial charge in [0.1, 0.15) is 12.4 Å².